The Morgan fingerprint density at radius 1 is 1.50 bits per heavy atom. The van der Waals surface area contributed by atoms with Crippen LogP contribution in [0.5, 0.6) is 0 Å². The average molecular weight is 239 g/mol. The minimum atomic E-state index is -0.0335. The molecular weight excluding hydrogens is 224 g/mol. The van der Waals surface area contributed by atoms with E-state index in [-0.39, 0.29) is 11.8 Å². The number of amides is 1. The van der Waals surface area contributed by atoms with Crippen molar-refractivity contribution in [2.45, 2.75) is 13.8 Å². The molecular formula is C12H15ClN2O. The van der Waals surface area contributed by atoms with Gasteiger partial charge in [0.1, 0.15) is 0 Å². The molecule has 0 bridgehead atoms. The summed E-state index contributed by atoms with van der Waals surface area (Å²) in [5, 5.41) is 3.91. The summed E-state index contributed by atoms with van der Waals surface area (Å²) in [6, 6.07) is 3.88. The Labute approximate surface area is 100 Å². The van der Waals surface area contributed by atoms with Gasteiger partial charge in [0.05, 0.1) is 22.3 Å². The van der Waals surface area contributed by atoms with E-state index in [4.69, 9.17) is 11.6 Å². The minimum absolute atomic E-state index is 0.0335. The number of rotatable bonds is 0. The van der Waals surface area contributed by atoms with Gasteiger partial charge in [-0.25, -0.2) is 0 Å². The van der Waals surface area contributed by atoms with Gasteiger partial charge in [0.2, 0.25) is 5.91 Å². The van der Waals surface area contributed by atoms with E-state index in [9.17, 15) is 4.79 Å². The van der Waals surface area contributed by atoms with Crippen LogP contribution in [0, 0.1) is 12.8 Å². The Morgan fingerprint density at radius 2 is 2.19 bits per heavy atom. The van der Waals surface area contributed by atoms with Crippen LogP contribution in [0.1, 0.15) is 12.5 Å². The number of hydrogen-bond donors (Lipinski definition) is 1. The fraction of sp³-hybridized carbons (Fsp3) is 0.417. The molecule has 1 aliphatic rings. The Balaban J connectivity index is 2.57. The second-order valence-corrected chi connectivity index (χ2v) is 4.73. The standard InChI is InChI=1S/C12H15ClN2O/c1-7-4-9(13)11-10(5-7)15(3)12(16)8(2)6-14-11/h4-5,8,14H,6H2,1-3H3. The Morgan fingerprint density at radius 3 is 2.88 bits per heavy atom. The predicted octanol–water partition coefficient (Wildman–Crippen LogP) is 2.67. The predicted molar refractivity (Wildman–Crippen MR) is 67.3 cm³/mol. The number of hydrogen-bond acceptors (Lipinski definition) is 2. The van der Waals surface area contributed by atoms with E-state index < -0.39 is 0 Å². The van der Waals surface area contributed by atoms with Crippen LogP contribution in [0.25, 0.3) is 0 Å². The van der Waals surface area contributed by atoms with E-state index in [2.05, 4.69) is 5.32 Å². The number of fused-ring (bicyclic) bond motifs is 1. The third-order valence-electron chi connectivity index (χ3n) is 2.91. The zero-order valence-electron chi connectivity index (χ0n) is 9.67. The van der Waals surface area contributed by atoms with Crippen LogP contribution in [-0.4, -0.2) is 19.5 Å². The lowest BCUT2D eigenvalue weighted by atomic mass is 10.1. The molecule has 0 spiro atoms. The van der Waals surface area contributed by atoms with Gasteiger partial charge in [-0.1, -0.05) is 18.5 Å². The molecule has 1 unspecified atom stereocenters. The number of aryl methyl sites for hydroxylation is 1. The molecule has 1 heterocycles. The molecule has 1 aliphatic heterocycles. The second-order valence-electron chi connectivity index (χ2n) is 4.32. The summed E-state index contributed by atoms with van der Waals surface area (Å²) in [7, 11) is 1.79. The molecule has 0 radical (unpaired) electrons. The van der Waals surface area contributed by atoms with Crippen molar-refractivity contribution in [1.82, 2.24) is 0 Å². The van der Waals surface area contributed by atoms with Crippen LogP contribution in [-0.2, 0) is 4.79 Å². The summed E-state index contributed by atoms with van der Waals surface area (Å²) in [6.07, 6.45) is 0. The first-order valence-electron chi connectivity index (χ1n) is 5.32. The van der Waals surface area contributed by atoms with E-state index in [1.54, 1.807) is 11.9 Å². The lowest BCUT2D eigenvalue weighted by Gasteiger charge is -2.19. The van der Waals surface area contributed by atoms with E-state index >= 15 is 0 Å². The maximum atomic E-state index is 12.0. The topological polar surface area (TPSA) is 32.3 Å². The van der Waals surface area contributed by atoms with Crippen molar-refractivity contribution in [2.75, 3.05) is 23.8 Å². The SMILES string of the molecule is Cc1cc(Cl)c2c(c1)N(C)C(=O)C(C)CN2. The molecule has 16 heavy (non-hydrogen) atoms. The fourth-order valence-corrected chi connectivity index (χ4v) is 2.29. The molecule has 0 saturated carbocycles. The van der Waals surface area contributed by atoms with Crippen LogP contribution in [0.2, 0.25) is 5.02 Å². The van der Waals surface area contributed by atoms with Gasteiger partial charge in [0, 0.05) is 13.6 Å². The zero-order valence-corrected chi connectivity index (χ0v) is 10.4. The number of benzene rings is 1. The van der Waals surface area contributed by atoms with Gasteiger partial charge in [-0.3, -0.25) is 4.79 Å². The third-order valence-corrected chi connectivity index (χ3v) is 3.21. The molecule has 4 heteroatoms. The van der Waals surface area contributed by atoms with Gasteiger partial charge in [-0.05, 0) is 24.6 Å². The first-order chi connectivity index (χ1) is 7.50. The van der Waals surface area contributed by atoms with Crippen LogP contribution >= 0.6 is 11.6 Å². The molecule has 0 aliphatic carbocycles. The normalized spacial score (nSPS) is 20.1. The summed E-state index contributed by atoms with van der Waals surface area (Å²) in [5.74, 6) is 0.0849. The molecule has 86 valence electrons. The molecule has 0 saturated heterocycles. The zero-order chi connectivity index (χ0) is 11.9. The number of nitrogens with one attached hydrogen (secondary N) is 1. The van der Waals surface area contributed by atoms with Gasteiger partial charge in [0.15, 0.2) is 0 Å². The molecule has 3 nitrogen and oxygen atoms in total. The molecule has 0 fully saturated rings. The Hall–Kier alpha value is -1.22. The summed E-state index contributed by atoms with van der Waals surface area (Å²) in [6.45, 7) is 4.51. The summed E-state index contributed by atoms with van der Waals surface area (Å²) in [4.78, 5) is 13.7. The number of anilines is 2. The first-order valence-corrected chi connectivity index (χ1v) is 5.70. The van der Waals surface area contributed by atoms with E-state index in [0.717, 1.165) is 16.9 Å². The van der Waals surface area contributed by atoms with E-state index in [1.807, 2.05) is 26.0 Å². The Kier molecular flexibility index (Phi) is 2.80. The van der Waals surface area contributed by atoms with Crippen molar-refractivity contribution in [1.29, 1.82) is 0 Å². The average Bonchev–Trinajstić information content (AvgIpc) is 2.32. The smallest absolute Gasteiger partial charge is 0.231 e. The van der Waals surface area contributed by atoms with Gasteiger partial charge in [-0.15, -0.1) is 0 Å². The number of nitrogens with zero attached hydrogens (tertiary/aromatic N) is 1. The molecule has 1 N–H and O–H groups in total. The van der Waals surface area contributed by atoms with Gasteiger partial charge < -0.3 is 10.2 Å². The quantitative estimate of drug-likeness (QED) is 0.754. The molecule has 1 aromatic rings. The van der Waals surface area contributed by atoms with Crippen LogP contribution in [0.15, 0.2) is 12.1 Å². The van der Waals surface area contributed by atoms with Crippen molar-refractivity contribution >= 4 is 28.9 Å². The van der Waals surface area contributed by atoms with E-state index in [0.29, 0.717) is 11.6 Å². The highest BCUT2D eigenvalue weighted by molar-refractivity contribution is 6.34. The first kappa shape index (κ1) is 11.3. The molecule has 1 atom stereocenters. The van der Waals surface area contributed by atoms with Crippen LogP contribution in [0.4, 0.5) is 11.4 Å². The van der Waals surface area contributed by atoms with Gasteiger partial charge in [-0.2, -0.15) is 0 Å². The fourth-order valence-electron chi connectivity index (χ4n) is 1.96. The monoisotopic (exact) mass is 238 g/mol. The lowest BCUT2D eigenvalue weighted by molar-refractivity contribution is -0.121. The van der Waals surface area contributed by atoms with Gasteiger partial charge >= 0.3 is 0 Å². The summed E-state index contributed by atoms with van der Waals surface area (Å²) < 4.78 is 0. The largest absolute Gasteiger partial charge is 0.381 e. The van der Waals surface area contributed by atoms with Crippen molar-refractivity contribution in [3.05, 3.63) is 22.7 Å². The maximum absolute atomic E-state index is 12.0. The Bertz CT molecular complexity index is 445. The number of carbonyl (C=O) groups excluding carboxylic acids is 1. The van der Waals surface area contributed by atoms with E-state index in [1.165, 1.54) is 0 Å². The molecule has 0 aromatic heterocycles. The highest BCUT2D eigenvalue weighted by Gasteiger charge is 2.25. The summed E-state index contributed by atoms with van der Waals surface area (Å²) in [5.41, 5.74) is 2.77. The highest BCUT2D eigenvalue weighted by atomic mass is 35.5. The van der Waals surface area contributed by atoms with Crippen LogP contribution < -0.4 is 10.2 Å². The molecule has 1 aromatic carbocycles. The van der Waals surface area contributed by atoms with Crippen molar-refractivity contribution in [3.8, 4) is 0 Å². The molecule has 1 amide bonds. The van der Waals surface area contributed by atoms with Crippen molar-refractivity contribution in [3.63, 3.8) is 0 Å². The van der Waals surface area contributed by atoms with Crippen molar-refractivity contribution < 1.29 is 4.79 Å². The summed E-state index contributed by atoms with van der Waals surface area (Å²) >= 11 is 6.18. The lowest BCUT2D eigenvalue weighted by Crippen LogP contribution is -2.31. The molecule has 2 rings (SSSR count). The highest BCUT2D eigenvalue weighted by Crippen LogP contribution is 2.36. The van der Waals surface area contributed by atoms with Crippen LogP contribution in [0.3, 0.4) is 0 Å². The number of halogens is 1. The van der Waals surface area contributed by atoms with Crippen molar-refractivity contribution in [2.24, 2.45) is 5.92 Å². The maximum Gasteiger partial charge on any atom is 0.231 e. The van der Waals surface area contributed by atoms with Gasteiger partial charge in [0.25, 0.3) is 0 Å². The minimum Gasteiger partial charge on any atom is -0.381 e. The third kappa shape index (κ3) is 1.76. The second kappa shape index (κ2) is 3.98. The number of carbonyl (C=O) groups is 1.